The van der Waals surface area contributed by atoms with Crippen LogP contribution < -0.4 is 5.32 Å². The minimum atomic E-state index is -3.71. The van der Waals surface area contributed by atoms with Crippen LogP contribution in [-0.2, 0) is 14.8 Å². The highest BCUT2D eigenvalue weighted by Gasteiger charge is 2.23. The molecule has 0 bridgehead atoms. The molecule has 7 heteroatoms. The van der Waals surface area contributed by atoms with Crippen LogP contribution in [0.5, 0.6) is 0 Å². The molecule has 0 unspecified atom stereocenters. The number of hydrogen-bond donors (Lipinski definition) is 1. The van der Waals surface area contributed by atoms with Gasteiger partial charge in [0, 0.05) is 11.9 Å². The molecule has 0 radical (unpaired) electrons. The zero-order chi connectivity index (χ0) is 20.2. The maximum Gasteiger partial charge on any atom is 0.243 e. The van der Waals surface area contributed by atoms with E-state index in [1.165, 1.54) is 7.05 Å². The highest BCUT2D eigenvalue weighted by Crippen LogP contribution is 2.21. The Bertz CT molecular complexity index is 909. The summed E-state index contributed by atoms with van der Waals surface area (Å²) in [6.45, 7) is 5.66. The molecule has 0 fully saturated rings. The van der Waals surface area contributed by atoms with Gasteiger partial charge in [0.1, 0.15) is 0 Å². The number of aryl methyl sites for hydroxylation is 2. The van der Waals surface area contributed by atoms with Gasteiger partial charge >= 0.3 is 0 Å². The first-order valence-corrected chi connectivity index (χ1v) is 11.3. The molecule has 27 heavy (non-hydrogen) atoms. The van der Waals surface area contributed by atoms with Gasteiger partial charge in [0.15, 0.2) is 0 Å². The van der Waals surface area contributed by atoms with Crippen molar-refractivity contribution in [3.05, 3.63) is 59.2 Å². The predicted molar refractivity (Wildman–Crippen MR) is 111 cm³/mol. The number of thioether (sulfide) groups is 1. The van der Waals surface area contributed by atoms with Crippen molar-refractivity contribution in [1.29, 1.82) is 0 Å². The summed E-state index contributed by atoms with van der Waals surface area (Å²) in [6, 6.07) is 12.5. The van der Waals surface area contributed by atoms with Gasteiger partial charge in [-0.05, 0) is 62.4 Å². The SMILES string of the molecule is CSc1ccc(S(=O)(=O)N(C)CC(=O)N[C@H](C)c2cc(C)ccc2C)cc1. The van der Waals surface area contributed by atoms with E-state index in [1.54, 1.807) is 36.0 Å². The molecule has 2 rings (SSSR count). The van der Waals surface area contributed by atoms with Gasteiger partial charge in [-0.1, -0.05) is 23.8 Å². The second-order valence-corrected chi connectivity index (χ2v) is 9.51. The predicted octanol–water partition coefficient (Wildman–Crippen LogP) is 3.52. The Labute approximate surface area is 166 Å². The van der Waals surface area contributed by atoms with Crippen molar-refractivity contribution in [3.63, 3.8) is 0 Å². The quantitative estimate of drug-likeness (QED) is 0.715. The number of benzene rings is 2. The lowest BCUT2D eigenvalue weighted by atomic mass is 10.00. The summed E-state index contributed by atoms with van der Waals surface area (Å²) in [7, 11) is -2.29. The average Bonchev–Trinajstić information content (AvgIpc) is 2.63. The summed E-state index contributed by atoms with van der Waals surface area (Å²) in [6.07, 6.45) is 1.93. The van der Waals surface area contributed by atoms with Gasteiger partial charge in [-0.25, -0.2) is 8.42 Å². The van der Waals surface area contributed by atoms with Crippen LogP contribution in [0.2, 0.25) is 0 Å². The van der Waals surface area contributed by atoms with Crippen LogP contribution in [-0.4, -0.2) is 38.5 Å². The molecule has 1 amide bonds. The van der Waals surface area contributed by atoms with E-state index in [2.05, 4.69) is 5.32 Å². The van der Waals surface area contributed by atoms with E-state index in [4.69, 9.17) is 0 Å². The third-order valence-corrected chi connectivity index (χ3v) is 6.97. The minimum absolute atomic E-state index is 0.179. The van der Waals surface area contributed by atoms with Gasteiger partial charge in [-0.15, -0.1) is 11.8 Å². The first-order chi connectivity index (χ1) is 12.6. The van der Waals surface area contributed by atoms with Crippen LogP contribution in [0.25, 0.3) is 0 Å². The molecular weight excluding hydrogens is 380 g/mol. The van der Waals surface area contributed by atoms with E-state index in [-0.39, 0.29) is 23.4 Å². The molecule has 2 aromatic carbocycles. The number of carbonyl (C=O) groups is 1. The Morgan fingerprint density at radius 1 is 1.15 bits per heavy atom. The Morgan fingerprint density at radius 2 is 1.78 bits per heavy atom. The van der Waals surface area contributed by atoms with E-state index in [9.17, 15) is 13.2 Å². The minimum Gasteiger partial charge on any atom is -0.348 e. The molecule has 0 saturated carbocycles. The molecule has 0 aliphatic carbocycles. The standard InChI is InChI=1S/C20H26N2O3S2/c1-14-6-7-15(2)19(12-14)16(3)21-20(23)13-22(4)27(24,25)18-10-8-17(26-5)9-11-18/h6-12,16H,13H2,1-5H3,(H,21,23)/t16-/m1/s1. The average molecular weight is 407 g/mol. The highest BCUT2D eigenvalue weighted by atomic mass is 32.2. The number of rotatable bonds is 7. The van der Waals surface area contributed by atoms with E-state index in [0.717, 1.165) is 25.9 Å². The molecule has 0 spiro atoms. The van der Waals surface area contributed by atoms with Crippen LogP contribution in [0.3, 0.4) is 0 Å². The maximum atomic E-state index is 12.7. The van der Waals surface area contributed by atoms with Crippen molar-refractivity contribution in [2.75, 3.05) is 19.8 Å². The van der Waals surface area contributed by atoms with E-state index >= 15 is 0 Å². The molecule has 2 aromatic rings. The molecule has 1 N–H and O–H groups in total. The Balaban J connectivity index is 2.06. The lowest BCUT2D eigenvalue weighted by molar-refractivity contribution is -0.121. The topological polar surface area (TPSA) is 66.5 Å². The number of amides is 1. The number of hydrogen-bond acceptors (Lipinski definition) is 4. The van der Waals surface area contributed by atoms with Gasteiger partial charge in [0.05, 0.1) is 17.5 Å². The summed E-state index contributed by atoms with van der Waals surface area (Å²) in [5.74, 6) is -0.338. The normalized spacial score (nSPS) is 12.8. The highest BCUT2D eigenvalue weighted by molar-refractivity contribution is 7.98. The van der Waals surface area contributed by atoms with E-state index < -0.39 is 10.0 Å². The molecule has 1 atom stereocenters. The summed E-state index contributed by atoms with van der Waals surface area (Å²) in [5.41, 5.74) is 3.23. The van der Waals surface area contributed by atoms with Crippen molar-refractivity contribution in [3.8, 4) is 0 Å². The smallest absolute Gasteiger partial charge is 0.243 e. The lowest BCUT2D eigenvalue weighted by Crippen LogP contribution is -2.39. The van der Waals surface area contributed by atoms with E-state index in [0.29, 0.717) is 0 Å². The van der Waals surface area contributed by atoms with Crippen LogP contribution in [0, 0.1) is 13.8 Å². The van der Waals surface area contributed by atoms with Crippen molar-refractivity contribution in [1.82, 2.24) is 9.62 Å². The zero-order valence-corrected chi connectivity index (χ0v) is 17.9. The molecule has 146 valence electrons. The van der Waals surface area contributed by atoms with Gasteiger partial charge in [0.2, 0.25) is 15.9 Å². The largest absolute Gasteiger partial charge is 0.348 e. The van der Waals surface area contributed by atoms with Gasteiger partial charge in [0.25, 0.3) is 0 Å². The fourth-order valence-corrected chi connectivity index (χ4v) is 4.34. The van der Waals surface area contributed by atoms with Crippen LogP contribution in [0.4, 0.5) is 0 Å². The van der Waals surface area contributed by atoms with Crippen LogP contribution >= 0.6 is 11.8 Å². The second kappa shape index (κ2) is 8.91. The third kappa shape index (κ3) is 5.34. The molecule has 0 aliphatic rings. The second-order valence-electron chi connectivity index (χ2n) is 6.59. The molecule has 0 aliphatic heterocycles. The lowest BCUT2D eigenvalue weighted by Gasteiger charge is -2.21. The van der Waals surface area contributed by atoms with E-state index in [1.807, 2.05) is 45.2 Å². The number of nitrogens with one attached hydrogen (secondary N) is 1. The van der Waals surface area contributed by atoms with Crippen LogP contribution in [0.1, 0.15) is 29.7 Å². The molecule has 5 nitrogen and oxygen atoms in total. The number of likely N-dealkylation sites (N-methyl/N-ethyl adjacent to an activating group) is 1. The summed E-state index contributed by atoms with van der Waals surface area (Å²) < 4.78 is 26.4. The van der Waals surface area contributed by atoms with Crippen molar-refractivity contribution >= 4 is 27.7 Å². The first kappa shape index (κ1) is 21.5. The van der Waals surface area contributed by atoms with Crippen molar-refractivity contribution in [2.24, 2.45) is 0 Å². The Hall–Kier alpha value is -1.83. The molecule has 0 aromatic heterocycles. The van der Waals surface area contributed by atoms with Crippen LogP contribution in [0.15, 0.2) is 52.3 Å². The Morgan fingerprint density at radius 3 is 2.37 bits per heavy atom. The fourth-order valence-electron chi connectivity index (χ4n) is 2.81. The third-order valence-electron chi connectivity index (χ3n) is 4.41. The number of sulfonamides is 1. The number of nitrogens with zero attached hydrogens (tertiary/aromatic N) is 1. The maximum absolute atomic E-state index is 12.7. The summed E-state index contributed by atoms with van der Waals surface area (Å²) in [4.78, 5) is 13.6. The molecule has 0 heterocycles. The van der Waals surface area contributed by atoms with Gasteiger partial charge in [-0.3, -0.25) is 4.79 Å². The van der Waals surface area contributed by atoms with Crippen molar-refractivity contribution in [2.45, 2.75) is 36.6 Å². The fraction of sp³-hybridized carbons (Fsp3) is 0.350. The zero-order valence-electron chi connectivity index (χ0n) is 16.3. The summed E-state index contributed by atoms with van der Waals surface area (Å²) in [5, 5.41) is 2.89. The monoisotopic (exact) mass is 406 g/mol. The van der Waals surface area contributed by atoms with Gasteiger partial charge in [-0.2, -0.15) is 4.31 Å². The number of carbonyl (C=O) groups excluding carboxylic acids is 1. The van der Waals surface area contributed by atoms with Crippen molar-refractivity contribution < 1.29 is 13.2 Å². The molecule has 0 saturated heterocycles. The molecular formula is C20H26N2O3S2. The first-order valence-electron chi connectivity index (χ1n) is 8.62. The van der Waals surface area contributed by atoms with Gasteiger partial charge < -0.3 is 5.32 Å². The summed E-state index contributed by atoms with van der Waals surface area (Å²) >= 11 is 1.54. The Kier molecular flexibility index (Phi) is 7.08.